The number of nitriles is 1. The van der Waals surface area contributed by atoms with Crippen LogP contribution in [0.25, 0.3) is 10.9 Å². The SMILES string of the molecule is CC(C#N)(Cn1cc2cc([N+](=O)[O-])ccc2n1)c1cc(C(F)(F)F)ccc1C(N)=S. The van der Waals surface area contributed by atoms with E-state index in [2.05, 4.69) is 5.10 Å². The van der Waals surface area contributed by atoms with E-state index in [1.54, 1.807) is 0 Å². The van der Waals surface area contributed by atoms with Crippen molar-refractivity contribution in [2.45, 2.75) is 25.1 Å². The molecule has 1 atom stereocenters. The Morgan fingerprint density at radius 2 is 2.03 bits per heavy atom. The molecule has 0 aliphatic rings. The summed E-state index contributed by atoms with van der Waals surface area (Å²) in [7, 11) is 0. The normalized spacial score (nSPS) is 13.6. The second kappa shape index (κ2) is 7.38. The zero-order valence-electron chi connectivity index (χ0n) is 15.5. The predicted octanol–water partition coefficient (Wildman–Crippen LogP) is 4.08. The van der Waals surface area contributed by atoms with Crippen LogP contribution in [-0.4, -0.2) is 19.7 Å². The third-order valence-electron chi connectivity index (χ3n) is 4.68. The molecule has 30 heavy (non-hydrogen) atoms. The number of hydrogen-bond donors (Lipinski definition) is 1. The van der Waals surface area contributed by atoms with Gasteiger partial charge in [-0.3, -0.25) is 14.8 Å². The van der Waals surface area contributed by atoms with Crippen LogP contribution < -0.4 is 5.73 Å². The largest absolute Gasteiger partial charge is 0.416 e. The molecule has 1 heterocycles. The molecule has 2 aromatic carbocycles. The van der Waals surface area contributed by atoms with E-state index in [0.717, 1.165) is 18.2 Å². The number of nitrogens with two attached hydrogens (primary N) is 1. The number of alkyl halides is 3. The van der Waals surface area contributed by atoms with Crippen LogP contribution in [0.15, 0.2) is 42.6 Å². The third kappa shape index (κ3) is 3.95. The molecule has 3 rings (SSSR count). The molecule has 0 radical (unpaired) electrons. The van der Waals surface area contributed by atoms with Crippen LogP contribution in [0.1, 0.15) is 23.6 Å². The number of hydrogen-bond acceptors (Lipinski definition) is 5. The van der Waals surface area contributed by atoms with Crippen LogP contribution in [0.3, 0.4) is 0 Å². The van der Waals surface area contributed by atoms with E-state index >= 15 is 0 Å². The van der Waals surface area contributed by atoms with E-state index in [9.17, 15) is 28.5 Å². The lowest BCUT2D eigenvalue weighted by Gasteiger charge is -2.26. The van der Waals surface area contributed by atoms with Crippen molar-refractivity contribution in [3.63, 3.8) is 0 Å². The van der Waals surface area contributed by atoms with E-state index in [0.29, 0.717) is 10.9 Å². The molecular formula is C19H14F3N5O2S. The maximum Gasteiger partial charge on any atom is 0.416 e. The van der Waals surface area contributed by atoms with Gasteiger partial charge < -0.3 is 5.73 Å². The van der Waals surface area contributed by atoms with Crippen molar-refractivity contribution in [1.82, 2.24) is 9.78 Å². The number of aromatic nitrogens is 2. The molecule has 7 nitrogen and oxygen atoms in total. The number of benzene rings is 2. The number of halogens is 3. The van der Waals surface area contributed by atoms with Gasteiger partial charge in [0.2, 0.25) is 0 Å². The third-order valence-corrected chi connectivity index (χ3v) is 4.90. The second-order valence-corrected chi connectivity index (χ2v) is 7.33. The molecule has 0 bridgehead atoms. The highest BCUT2D eigenvalue weighted by Crippen LogP contribution is 2.36. The summed E-state index contributed by atoms with van der Waals surface area (Å²) in [5.74, 6) is 0. The molecule has 0 aliphatic carbocycles. The van der Waals surface area contributed by atoms with Crippen LogP contribution in [-0.2, 0) is 18.1 Å². The summed E-state index contributed by atoms with van der Waals surface area (Å²) in [6.45, 7) is 1.34. The number of nitrogens with zero attached hydrogens (tertiary/aromatic N) is 4. The number of fused-ring (bicyclic) bond motifs is 1. The quantitative estimate of drug-likeness (QED) is 0.369. The number of thiocarbonyl (C=S) groups is 1. The first-order valence-electron chi connectivity index (χ1n) is 8.49. The van der Waals surface area contributed by atoms with Gasteiger partial charge in [-0.25, -0.2) is 0 Å². The van der Waals surface area contributed by atoms with E-state index in [4.69, 9.17) is 18.0 Å². The molecule has 1 aromatic heterocycles. The zero-order valence-corrected chi connectivity index (χ0v) is 16.3. The number of nitro groups is 1. The Morgan fingerprint density at radius 1 is 1.33 bits per heavy atom. The van der Waals surface area contributed by atoms with Gasteiger partial charge in [0.25, 0.3) is 5.69 Å². The molecule has 0 amide bonds. The first kappa shape index (κ1) is 21.2. The van der Waals surface area contributed by atoms with E-state index in [-0.39, 0.29) is 28.3 Å². The van der Waals surface area contributed by atoms with Crippen LogP contribution in [0, 0.1) is 21.4 Å². The first-order valence-corrected chi connectivity index (χ1v) is 8.90. The van der Waals surface area contributed by atoms with Gasteiger partial charge in [-0.2, -0.15) is 23.5 Å². The fourth-order valence-corrected chi connectivity index (χ4v) is 3.33. The van der Waals surface area contributed by atoms with Gasteiger partial charge in [-0.1, -0.05) is 18.3 Å². The summed E-state index contributed by atoms with van der Waals surface area (Å²) in [6, 6.07) is 8.99. The summed E-state index contributed by atoms with van der Waals surface area (Å²) in [6.07, 6.45) is -3.12. The van der Waals surface area contributed by atoms with Crippen LogP contribution in [0.5, 0.6) is 0 Å². The van der Waals surface area contributed by atoms with Crippen molar-refractivity contribution >= 4 is 33.8 Å². The minimum absolute atomic E-state index is 0.0258. The average Bonchev–Trinajstić information content (AvgIpc) is 3.07. The van der Waals surface area contributed by atoms with Gasteiger partial charge in [0, 0.05) is 29.3 Å². The molecule has 11 heteroatoms. The first-order chi connectivity index (χ1) is 13.9. The van der Waals surface area contributed by atoms with Gasteiger partial charge in [-0.05, 0) is 30.7 Å². The van der Waals surface area contributed by atoms with Crippen molar-refractivity contribution in [2.24, 2.45) is 5.73 Å². The van der Waals surface area contributed by atoms with Gasteiger partial charge in [0.1, 0.15) is 4.99 Å². The van der Waals surface area contributed by atoms with Crippen LogP contribution in [0.2, 0.25) is 0 Å². The smallest absolute Gasteiger partial charge is 0.389 e. The van der Waals surface area contributed by atoms with Gasteiger partial charge in [0.05, 0.1) is 34.0 Å². The summed E-state index contributed by atoms with van der Waals surface area (Å²) in [4.78, 5) is 10.3. The van der Waals surface area contributed by atoms with E-state index in [1.807, 2.05) is 6.07 Å². The Kier molecular flexibility index (Phi) is 5.22. The molecule has 3 aromatic rings. The van der Waals surface area contributed by atoms with Crippen molar-refractivity contribution < 1.29 is 18.1 Å². The predicted molar refractivity (Wildman–Crippen MR) is 107 cm³/mol. The Labute approximate surface area is 173 Å². The Hall–Kier alpha value is -3.52. The minimum atomic E-state index is -4.61. The summed E-state index contributed by atoms with van der Waals surface area (Å²) >= 11 is 4.96. The fraction of sp³-hybridized carbons (Fsp3) is 0.211. The Morgan fingerprint density at radius 3 is 2.60 bits per heavy atom. The van der Waals surface area contributed by atoms with Gasteiger partial charge in [0.15, 0.2) is 0 Å². The van der Waals surface area contributed by atoms with Crippen molar-refractivity contribution in [2.75, 3.05) is 0 Å². The maximum atomic E-state index is 13.2. The lowest BCUT2D eigenvalue weighted by atomic mass is 9.80. The molecule has 2 N–H and O–H groups in total. The lowest BCUT2D eigenvalue weighted by Crippen LogP contribution is -2.30. The Balaban J connectivity index is 2.10. The van der Waals surface area contributed by atoms with Crippen molar-refractivity contribution in [3.8, 4) is 6.07 Å². The molecular weight excluding hydrogens is 419 g/mol. The highest BCUT2D eigenvalue weighted by atomic mass is 32.1. The average molecular weight is 433 g/mol. The summed E-state index contributed by atoms with van der Waals surface area (Å²) in [5, 5.41) is 25.5. The lowest BCUT2D eigenvalue weighted by molar-refractivity contribution is -0.384. The van der Waals surface area contributed by atoms with Crippen molar-refractivity contribution in [1.29, 1.82) is 5.26 Å². The van der Waals surface area contributed by atoms with E-state index < -0.39 is 22.1 Å². The molecule has 0 saturated heterocycles. The number of rotatable bonds is 5. The minimum Gasteiger partial charge on any atom is -0.389 e. The second-order valence-electron chi connectivity index (χ2n) is 6.89. The number of non-ortho nitro benzene ring substituents is 1. The van der Waals surface area contributed by atoms with Crippen LogP contribution in [0.4, 0.5) is 18.9 Å². The van der Waals surface area contributed by atoms with E-state index in [1.165, 1.54) is 36.0 Å². The van der Waals surface area contributed by atoms with Gasteiger partial charge >= 0.3 is 6.18 Å². The molecule has 1 unspecified atom stereocenters. The van der Waals surface area contributed by atoms with Crippen molar-refractivity contribution in [3.05, 3.63) is 69.4 Å². The monoisotopic (exact) mass is 433 g/mol. The summed E-state index contributed by atoms with van der Waals surface area (Å²) in [5.41, 5.74) is 3.79. The van der Waals surface area contributed by atoms with Crippen LogP contribution >= 0.6 is 12.2 Å². The maximum absolute atomic E-state index is 13.2. The molecule has 0 saturated carbocycles. The number of nitro benzene ring substituents is 1. The topological polar surface area (TPSA) is 111 Å². The molecule has 0 spiro atoms. The standard InChI is InChI=1S/C19H14F3N5O2S/c1-18(9-23,15-7-12(19(20,21)22)2-4-14(15)17(24)30)10-26-8-11-6-13(27(28)29)3-5-16(11)25-26/h2-8H,10H2,1H3,(H2,24,30). The molecule has 154 valence electrons. The highest BCUT2D eigenvalue weighted by Gasteiger charge is 2.36. The highest BCUT2D eigenvalue weighted by molar-refractivity contribution is 7.80. The van der Waals surface area contributed by atoms with Gasteiger partial charge in [-0.15, -0.1) is 0 Å². The Bertz CT molecular complexity index is 1220. The summed E-state index contributed by atoms with van der Waals surface area (Å²) < 4.78 is 41.1. The fourth-order valence-electron chi connectivity index (χ4n) is 3.16. The zero-order chi connectivity index (χ0) is 22.3. The molecule has 0 aliphatic heterocycles. The molecule has 0 fully saturated rings.